The smallest absolute Gasteiger partial charge is 0.241 e. The van der Waals surface area contributed by atoms with Crippen LogP contribution in [0.1, 0.15) is 6.42 Å². The molecule has 1 saturated heterocycles. The molecule has 0 aliphatic carbocycles. The number of benzene rings is 1. The lowest BCUT2D eigenvalue weighted by molar-refractivity contribution is -0.117. The van der Waals surface area contributed by atoms with Crippen molar-refractivity contribution in [2.24, 2.45) is 0 Å². The minimum absolute atomic E-state index is 0. The summed E-state index contributed by atoms with van der Waals surface area (Å²) in [5.74, 6) is -2.34. The Hall–Kier alpha value is -1.24. The SMILES string of the molecule is Cl.O=C(Nc1ccc(F)c(F)c1)C1CC(O)CN1. The molecule has 1 aliphatic heterocycles. The van der Waals surface area contributed by atoms with Gasteiger partial charge in [-0.1, -0.05) is 0 Å². The largest absolute Gasteiger partial charge is 0.392 e. The van der Waals surface area contributed by atoms with Gasteiger partial charge in [-0.15, -0.1) is 12.4 Å². The Kier molecular flexibility index (Phi) is 5.01. The molecule has 1 amide bonds. The monoisotopic (exact) mass is 278 g/mol. The van der Waals surface area contributed by atoms with E-state index in [0.29, 0.717) is 13.0 Å². The van der Waals surface area contributed by atoms with E-state index in [2.05, 4.69) is 10.6 Å². The van der Waals surface area contributed by atoms with Crippen molar-refractivity contribution < 1.29 is 18.7 Å². The van der Waals surface area contributed by atoms with Crippen LogP contribution in [0, 0.1) is 11.6 Å². The van der Waals surface area contributed by atoms with Gasteiger partial charge in [0.2, 0.25) is 5.91 Å². The molecule has 0 saturated carbocycles. The van der Waals surface area contributed by atoms with Crippen molar-refractivity contribution in [3.63, 3.8) is 0 Å². The van der Waals surface area contributed by atoms with E-state index in [4.69, 9.17) is 0 Å². The molecule has 1 heterocycles. The van der Waals surface area contributed by atoms with Crippen LogP contribution in [0.15, 0.2) is 18.2 Å². The molecule has 1 aromatic rings. The molecule has 0 spiro atoms. The molecular weight excluding hydrogens is 266 g/mol. The number of carbonyl (C=O) groups excluding carboxylic acids is 1. The first-order valence-electron chi connectivity index (χ1n) is 5.23. The first-order chi connectivity index (χ1) is 8.06. The van der Waals surface area contributed by atoms with Crippen LogP contribution >= 0.6 is 12.4 Å². The van der Waals surface area contributed by atoms with Crippen LogP contribution in [0.2, 0.25) is 0 Å². The number of nitrogens with one attached hydrogen (secondary N) is 2. The summed E-state index contributed by atoms with van der Waals surface area (Å²) in [7, 11) is 0. The maximum absolute atomic E-state index is 12.9. The Bertz CT molecular complexity index is 445. The quantitative estimate of drug-likeness (QED) is 0.758. The maximum atomic E-state index is 12.9. The lowest BCUT2D eigenvalue weighted by atomic mass is 10.2. The number of aliphatic hydroxyl groups is 1. The molecule has 2 unspecified atom stereocenters. The van der Waals surface area contributed by atoms with Gasteiger partial charge in [0.1, 0.15) is 0 Å². The molecule has 2 atom stereocenters. The molecule has 0 radical (unpaired) electrons. The fourth-order valence-electron chi connectivity index (χ4n) is 1.72. The normalized spacial score (nSPS) is 22.4. The highest BCUT2D eigenvalue weighted by Gasteiger charge is 2.28. The van der Waals surface area contributed by atoms with Gasteiger partial charge in [-0.2, -0.15) is 0 Å². The average molecular weight is 279 g/mol. The molecule has 7 heteroatoms. The maximum Gasteiger partial charge on any atom is 0.241 e. The second-order valence-electron chi connectivity index (χ2n) is 3.97. The Morgan fingerprint density at radius 3 is 2.67 bits per heavy atom. The summed E-state index contributed by atoms with van der Waals surface area (Å²) in [4.78, 5) is 11.7. The number of carbonyl (C=O) groups is 1. The number of rotatable bonds is 2. The summed E-state index contributed by atoms with van der Waals surface area (Å²) in [6.45, 7) is 0.357. The van der Waals surface area contributed by atoms with Crippen LogP contribution < -0.4 is 10.6 Å². The summed E-state index contributed by atoms with van der Waals surface area (Å²) >= 11 is 0. The van der Waals surface area contributed by atoms with Gasteiger partial charge in [0, 0.05) is 18.3 Å². The van der Waals surface area contributed by atoms with E-state index < -0.39 is 23.8 Å². The predicted molar refractivity (Wildman–Crippen MR) is 64.7 cm³/mol. The summed E-state index contributed by atoms with van der Waals surface area (Å²) in [6, 6.07) is 2.64. The third kappa shape index (κ3) is 3.38. The molecule has 0 aromatic heterocycles. The van der Waals surface area contributed by atoms with E-state index >= 15 is 0 Å². The number of β-amino-alcohol motifs (C(OH)–C–C–N with tert-alkyl or cyclic N) is 1. The first kappa shape index (κ1) is 14.8. The standard InChI is InChI=1S/C11H12F2N2O2.ClH/c12-8-2-1-6(3-9(8)13)15-11(17)10-4-7(16)5-14-10;/h1-3,7,10,14,16H,4-5H2,(H,15,17);1H. The van der Waals surface area contributed by atoms with E-state index in [1.54, 1.807) is 0 Å². The molecule has 100 valence electrons. The van der Waals surface area contributed by atoms with Crippen molar-refractivity contribution in [1.29, 1.82) is 0 Å². The van der Waals surface area contributed by atoms with Gasteiger partial charge in [0.15, 0.2) is 11.6 Å². The zero-order valence-corrected chi connectivity index (χ0v) is 10.1. The molecule has 1 fully saturated rings. The van der Waals surface area contributed by atoms with Crippen LogP contribution in [0.4, 0.5) is 14.5 Å². The first-order valence-corrected chi connectivity index (χ1v) is 5.23. The number of hydrogen-bond acceptors (Lipinski definition) is 3. The number of amides is 1. The summed E-state index contributed by atoms with van der Waals surface area (Å²) < 4.78 is 25.5. The highest BCUT2D eigenvalue weighted by Crippen LogP contribution is 2.15. The third-order valence-electron chi connectivity index (χ3n) is 2.61. The third-order valence-corrected chi connectivity index (χ3v) is 2.61. The predicted octanol–water partition coefficient (Wildman–Crippen LogP) is 1.05. The minimum Gasteiger partial charge on any atom is -0.392 e. The second-order valence-corrected chi connectivity index (χ2v) is 3.97. The zero-order valence-electron chi connectivity index (χ0n) is 9.32. The van der Waals surface area contributed by atoms with Gasteiger partial charge in [-0.25, -0.2) is 8.78 Å². The molecule has 1 aliphatic rings. The molecule has 4 nitrogen and oxygen atoms in total. The van der Waals surface area contributed by atoms with Crippen molar-refractivity contribution in [3.8, 4) is 0 Å². The Balaban J connectivity index is 0.00000162. The van der Waals surface area contributed by atoms with Crippen LogP contribution in [0.25, 0.3) is 0 Å². The van der Waals surface area contributed by atoms with E-state index in [0.717, 1.165) is 12.1 Å². The Morgan fingerprint density at radius 1 is 1.39 bits per heavy atom. The Labute approximate surface area is 109 Å². The summed E-state index contributed by atoms with van der Waals surface area (Å²) in [6.07, 6.45) is -0.231. The molecular formula is C11H13ClF2N2O2. The van der Waals surface area contributed by atoms with Crippen molar-refractivity contribution in [2.45, 2.75) is 18.6 Å². The van der Waals surface area contributed by atoms with Crippen LogP contribution in [-0.4, -0.2) is 29.7 Å². The van der Waals surface area contributed by atoms with E-state index in [1.165, 1.54) is 6.07 Å². The van der Waals surface area contributed by atoms with Crippen LogP contribution in [-0.2, 0) is 4.79 Å². The highest BCUT2D eigenvalue weighted by molar-refractivity contribution is 5.95. The van der Waals surface area contributed by atoms with Gasteiger partial charge in [-0.05, 0) is 18.6 Å². The van der Waals surface area contributed by atoms with Gasteiger partial charge < -0.3 is 15.7 Å². The van der Waals surface area contributed by atoms with Gasteiger partial charge in [-0.3, -0.25) is 4.79 Å². The van der Waals surface area contributed by atoms with E-state index in [9.17, 15) is 18.7 Å². The van der Waals surface area contributed by atoms with Crippen molar-refractivity contribution in [1.82, 2.24) is 5.32 Å². The van der Waals surface area contributed by atoms with E-state index in [1.807, 2.05) is 0 Å². The van der Waals surface area contributed by atoms with Crippen molar-refractivity contribution in [3.05, 3.63) is 29.8 Å². The number of anilines is 1. The molecule has 0 bridgehead atoms. The fourth-order valence-corrected chi connectivity index (χ4v) is 1.72. The number of aliphatic hydroxyl groups excluding tert-OH is 1. The van der Waals surface area contributed by atoms with Crippen LogP contribution in [0.5, 0.6) is 0 Å². The highest BCUT2D eigenvalue weighted by atomic mass is 35.5. The molecule has 1 aromatic carbocycles. The fraction of sp³-hybridized carbons (Fsp3) is 0.364. The van der Waals surface area contributed by atoms with Crippen molar-refractivity contribution in [2.75, 3.05) is 11.9 Å². The minimum atomic E-state index is -1.01. The zero-order chi connectivity index (χ0) is 12.4. The van der Waals surface area contributed by atoms with Gasteiger partial charge >= 0.3 is 0 Å². The summed E-state index contributed by atoms with van der Waals surface area (Å²) in [5.41, 5.74) is 0.192. The summed E-state index contributed by atoms with van der Waals surface area (Å²) in [5, 5.41) is 14.5. The average Bonchev–Trinajstić information content (AvgIpc) is 2.70. The van der Waals surface area contributed by atoms with E-state index in [-0.39, 0.29) is 24.0 Å². The van der Waals surface area contributed by atoms with Crippen LogP contribution in [0.3, 0.4) is 0 Å². The second kappa shape index (κ2) is 6.08. The van der Waals surface area contributed by atoms with Crippen molar-refractivity contribution >= 4 is 24.0 Å². The lowest BCUT2D eigenvalue weighted by Crippen LogP contribution is -2.35. The molecule has 2 rings (SSSR count). The van der Waals surface area contributed by atoms with Gasteiger partial charge in [0.05, 0.1) is 12.1 Å². The van der Waals surface area contributed by atoms with Gasteiger partial charge in [0.25, 0.3) is 0 Å². The number of halogens is 3. The topological polar surface area (TPSA) is 61.4 Å². The molecule has 18 heavy (non-hydrogen) atoms. The number of hydrogen-bond donors (Lipinski definition) is 3. The molecule has 3 N–H and O–H groups in total. The lowest BCUT2D eigenvalue weighted by Gasteiger charge is -2.11. The Morgan fingerprint density at radius 2 is 2.11 bits per heavy atom.